The normalized spacial score (nSPS) is 27.2. The molecule has 1 aromatic carbocycles. The van der Waals surface area contributed by atoms with Crippen molar-refractivity contribution in [3.8, 4) is 0 Å². The number of oxime groups is 1. The quantitative estimate of drug-likeness (QED) is 0.743. The molecule has 23 heavy (non-hydrogen) atoms. The minimum Gasteiger partial charge on any atom is -0.363 e. The van der Waals surface area contributed by atoms with E-state index in [1.165, 1.54) is 0 Å². The van der Waals surface area contributed by atoms with Crippen molar-refractivity contribution >= 4 is 13.3 Å². The van der Waals surface area contributed by atoms with E-state index in [0.29, 0.717) is 25.5 Å². The van der Waals surface area contributed by atoms with Crippen molar-refractivity contribution in [1.29, 1.82) is 0 Å². The maximum absolute atomic E-state index is 13.5. The van der Waals surface area contributed by atoms with Crippen LogP contribution in [0.25, 0.3) is 0 Å². The molecule has 1 saturated heterocycles. The maximum Gasteiger partial charge on any atom is 0.340 e. The fourth-order valence-electron chi connectivity index (χ4n) is 3.14. The first-order valence-corrected chi connectivity index (χ1v) is 9.60. The van der Waals surface area contributed by atoms with Gasteiger partial charge in [-0.05, 0) is 20.3 Å². The molecule has 0 bridgehead atoms. The second-order valence-corrected chi connectivity index (χ2v) is 7.61. The number of ether oxygens (including phenoxy) is 1. The molecule has 2 aliphatic rings. The Morgan fingerprint density at radius 3 is 2.57 bits per heavy atom. The van der Waals surface area contributed by atoms with Crippen LogP contribution in [0.4, 0.5) is 0 Å². The van der Waals surface area contributed by atoms with Crippen LogP contribution in [-0.4, -0.2) is 37.5 Å². The number of fused-ring (bicyclic) bond motifs is 1. The zero-order chi connectivity index (χ0) is 16.3. The third kappa shape index (κ3) is 3.22. The van der Waals surface area contributed by atoms with Crippen molar-refractivity contribution in [1.82, 2.24) is 0 Å². The summed E-state index contributed by atoms with van der Waals surface area (Å²) in [7, 11) is -3.38. The van der Waals surface area contributed by atoms with Gasteiger partial charge in [0.05, 0.1) is 19.8 Å². The first-order valence-electron chi connectivity index (χ1n) is 7.99. The zero-order valence-electron chi connectivity index (χ0n) is 13.4. The molecule has 0 saturated carbocycles. The third-order valence-electron chi connectivity index (χ3n) is 4.05. The molecule has 0 amide bonds. The van der Waals surface area contributed by atoms with E-state index in [0.717, 1.165) is 12.0 Å². The minimum atomic E-state index is -3.38. The van der Waals surface area contributed by atoms with Gasteiger partial charge in [0.2, 0.25) is 6.29 Å². The first-order chi connectivity index (χ1) is 11.2. The predicted molar refractivity (Wildman–Crippen MR) is 86.6 cm³/mol. The molecule has 0 aliphatic carbocycles. The van der Waals surface area contributed by atoms with Crippen molar-refractivity contribution in [3.63, 3.8) is 0 Å². The lowest BCUT2D eigenvalue weighted by Crippen LogP contribution is -2.41. The summed E-state index contributed by atoms with van der Waals surface area (Å²) in [5.41, 5.74) is 0.996. The highest BCUT2D eigenvalue weighted by Crippen LogP contribution is 2.59. The second-order valence-electron chi connectivity index (χ2n) is 5.46. The largest absolute Gasteiger partial charge is 0.363 e. The first kappa shape index (κ1) is 16.7. The number of hydrogen-bond acceptors (Lipinski definition) is 6. The Morgan fingerprint density at radius 2 is 1.91 bits per heavy atom. The SMILES string of the molecule is CCOP(=O)(OCC)[C@@H]1C(c2ccccc2)=NO[C@@H]2OCC[C@@H]21. The van der Waals surface area contributed by atoms with Crippen LogP contribution < -0.4 is 0 Å². The van der Waals surface area contributed by atoms with Gasteiger partial charge in [-0.25, -0.2) is 0 Å². The van der Waals surface area contributed by atoms with Gasteiger partial charge in [-0.1, -0.05) is 35.5 Å². The third-order valence-corrected chi connectivity index (χ3v) is 6.60. The Bertz CT molecular complexity index is 596. The van der Waals surface area contributed by atoms with Gasteiger partial charge >= 0.3 is 7.60 Å². The molecule has 1 aromatic rings. The van der Waals surface area contributed by atoms with Crippen LogP contribution in [0.2, 0.25) is 0 Å². The second kappa shape index (κ2) is 7.14. The van der Waals surface area contributed by atoms with Gasteiger partial charge in [-0.3, -0.25) is 4.57 Å². The summed E-state index contributed by atoms with van der Waals surface area (Å²) in [6.45, 7) is 4.81. The molecule has 0 unspecified atom stereocenters. The van der Waals surface area contributed by atoms with Gasteiger partial charge in [0.25, 0.3) is 0 Å². The van der Waals surface area contributed by atoms with E-state index in [-0.39, 0.29) is 5.92 Å². The molecule has 126 valence electrons. The molecule has 0 aromatic heterocycles. The van der Waals surface area contributed by atoms with Gasteiger partial charge in [0.15, 0.2) is 0 Å². The van der Waals surface area contributed by atoms with Crippen LogP contribution in [0, 0.1) is 5.92 Å². The van der Waals surface area contributed by atoms with Crippen molar-refractivity contribution in [2.75, 3.05) is 19.8 Å². The summed E-state index contributed by atoms with van der Waals surface area (Å²) in [4.78, 5) is 5.48. The van der Waals surface area contributed by atoms with E-state index in [4.69, 9.17) is 18.6 Å². The molecule has 2 aliphatic heterocycles. The lowest BCUT2D eigenvalue weighted by atomic mass is 9.94. The lowest BCUT2D eigenvalue weighted by Gasteiger charge is -2.35. The van der Waals surface area contributed by atoms with E-state index < -0.39 is 19.5 Å². The summed E-state index contributed by atoms with van der Waals surface area (Å²) >= 11 is 0. The molecule has 6 nitrogen and oxygen atoms in total. The Hall–Kier alpha value is -1.20. The molecule has 1 fully saturated rings. The molecule has 0 spiro atoms. The zero-order valence-corrected chi connectivity index (χ0v) is 14.3. The maximum atomic E-state index is 13.5. The van der Waals surface area contributed by atoms with Crippen molar-refractivity contribution < 1.29 is 23.2 Å². The topological polar surface area (TPSA) is 66.4 Å². The molecular weight excluding hydrogens is 317 g/mol. The highest BCUT2D eigenvalue weighted by Gasteiger charge is 2.53. The average molecular weight is 339 g/mol. The van der Waals surface area contributed by atoms with E-state index in [2.05, 4.69) is 5.16 Å². The van der Waals surface area contributed by atoms with E-state index in [9.17, 15) is 4.57 Å². The van der Waals surface area contributed by atoms with Crippen molar-refractivity contribution in [3.05, 3.63) is 35.9 Å². The molecule has 2 heterocycles. The van der Waals surface area contributed by atoms with E-state index >= 15 is 0 Å². The van der Waals surface area contributed by atoms with Crippen LogP contribution >= 0.6 is 7.60 Å². The fourth-order valence-corrected chi connectivity index (χ4v) is 5.51. The number of benzene rings is 1. The highest BCUT2D eigenvalue weighted by molar-refractivity contribution is 7.56. The Balaban J connectivity index is 2.04. The monoisotopic (exact) mass is 339 g/mol. The Labute approximate surface area is 136 Å². The summed E-state index contributed by atoms with van der Waals surface area (Å²) in [5, 5.41) is 4.21. The predicted octanol–water partition coefficient (Wildman–Crippen LogP) is 3.42. The van der Waals surface area contributed by atoms with Gasteiger partial charge in [-0.15, -0.1) is 0 Å². The summed E-state index contributed by atoms with van der Waals surface area (Å²) in [6, 6.07) is 9.60. The smallest absolute Gasteiger partial charge is 0.340 e. The van der Waals surface area contributed by atoms with E-state index in [1.807, 2.05) is 44.2 Å². The van der Waals surface area contributed by atoms with Crippen LogP contribution in [0.15, 0.2) is 35.5 Å². The number of rotatable bonds is 6. The highest BCUT2D eigenvalue weighted by atomic mass is 31.2. The Morgan fingerprint density at radius 1 is 1.22 bits per heavy atom. The van der Waals surface area contributed by atoms with Gasteiger partial charge < -0.3 is 18.6 Å². The summed E-state index contributed by atoms with van der Waals surface area (Å²) < 4.78 is 30.2. The minimum absolute atomic E-state index is 0.0911. The molecule has 0 radical (unpaired) electrons. The van der Waals surface area contributed by atoms with Crippen LogP contribution in [-0.2, 0) is 23.2 Å². The number of nitrogens with zero attached hydrogens (tertiary/aromatic N) is 1. The van der Waals surface area contributed by atoms with E-state index in [1.54, 1.807) is 0 Å². The van der Waals surface area contributed by atoms with Crippen LogP contribution in [0.1, 0.15) is 25.8 Å². The van der Waals surface area contributed by atoms with Crippen LogP contribution in [0.3, 0.4) is 0 Å². The van der Waals surface area contributed by atoms with Crippen molar-refractivity contribution in [2.45, 2.75) is 32.2 Å². The Kier molecular flexibility index (Phi) is 5.17. The molecular formula is C16H22NO5P. The summed E-state index contributed by atoms with van der Waals surface area (Å²) in [6.07, 6.45) is 0.257. The van der Waals surface area contributed by atoms with Crippen molar-refractivity contribution in [2.24, 2.45) is 11.1 Å². The van der Waals surface area contributed by atoms with Crippen LogP contribution in [0.5, 0.6) is 0 Å². The standard InChI is InChI=1S/C16H22NO5P/c1-3-20-23(18,21-4-2)15-13-10-11-19-16(13)22-17-14(15)12-8-6-5-7-9-12/h5-9,13,15-16H,3-4,10-11H2,1-2H3/t13-,15+,16+/m1/s1. The molecule has 3 atom stereocenters. The lowest BCUT2D eigenvalue weighted by molar-refractivity contribution is -0.136. The molecule has 3 rings (SSSR count). The molecule has 0 N–H and O–H groups in total. The average Bonchev–Trinajstić information content (AvgIpc) is 3.03. The van der Waals surface area contributed by atoms with Gasteiger partial charge in [0, 0.05) is 11.5 Å². The van der Waals surface area contributed by atoms with Gasteiger partial charge in [-0.2, -0.15) is 0 Å². The summed E-state index contributed by atoms with van der Waals surface area (Å²) in [5.74, 6) is -0.0911. The fraction of sp³-hybridized carbons (Fsp3) is 0.562. The number of hydrogen-bond donors (Lipinski definition) is 0. The molecule has 7 heteroatoms. The van der Waals surface area contributed by atoms with Gasteiger partial charge in [0.1, 0.15) is 11.4 Å².